The third-order valence-electron chi connectivity index (χ3n) is 3.19. The standard InChI is InChI=1S/C17H25ClN2O3/c1-4-23-10-9-19-17(22)15(11-12(2)3)20-16(21)13-5-7-14(18)8-6-13/h5-8,12,15H,4,9-11H2,1-3H3,(H,19,22)(H,20,21). The highest BCUT2D eigenvalue weighted by atomic mass is 35.5. The third kappa shape index (κ3) is 7.48. The van der Waals surface area contributed by atoms with E-state index in [-0.39, 0.29) is 17.7 Å². The number of carbonyl (C=O) groups excluding carboxylic acids is 2. The fourth-order valence-corrected chi connectivity index (χ4v) is 2.19. The second kappa shape index (κ2) is 10.2. The first kappa shape index (κ1) is 19.5. The van der Waals surface area contributed by atoms with Gasteiger partial charge in [-0.05, 0) is 43.5 Å². The summed E-state index contributed by atoms with van der Waals surface area (Å²) in [5.41, 5.74) is 0.477. The van der Waals surface area contributed by atoms with Gasteiger partial charge in [0.1, 0.15) is 6.04 Å². The summed E-state index contributed by atoms with van der Waals surface area (Å²) >= 11 is 5.82. The van der Waals surface area contributed by atoms with E-state index >= 15 is 0 Å². The first-order valence-electron chi connectivity index (χ1n) is 7.86. The van der Waals surface area contributed by atoms with Crippen LogP contribution in [0.15, 0.2) is 24.3 Å². The van der Waals surface area contributed by atoms with Gasteiger partial charge in [0.15, 0.2) is 0 Å². The van der Waals surface area contributed by atoms with Gasteiger partial charge in [-0.1, -0.05) is 25.4 Å². The number of benzene rings is 1. The van der Waals surface area contributed by atoms with Crippen LogP contribution in [-0.4, -0.2) is 37.6 Å². The predicted octanol–water partition coefficient (Wildman–Crippen LogP) is 2.64. The molecule has 6 heteroatoms. The fraction of sp³-hybridized carbons (Fsp3) is 0.529. The minimum Gasteiger partial charge on any atom is -0.380 e. The highest BCUT2D eigenvalue weighted by Crippen LogP contribution is 2.11. The number of hydrogen-bond donors (Lipinski definition) is 2. The molecule has 0 aliphatic heterocycles. The predicted molar refractivity (Wildman–Crippen MR) is 91.7 cm³/mol. The molecule has 1 rings (SSSR count). The van der Waals surface area contributed by atoms with E-state index in [1.165, 1.54) is 0 Å². The Balaban J connectivity index is 2.64. The first-order chi connectivity index (χ1) is 10.9. The zero-order valence-corrected chi connectivity index (χ0v) is 14.7. The van der Waals surface area contributed by atoms with Gasteiger partial charge in [-0.2, -0.15) is 0 Å². The second-order valence-corrected chi connectivity index (χ2v) is 6.09. The van der Waals surface area contributed by atoms with E-state index in [1.807, 2.05) is 20.8 Å². The van der Waals surface area contributed by atoms with Crippen LogP contribution in [0, 0.1) is 5.92 Å². The van der Waals surface area contributed by atoms with Gasteiger partial charge in [0.05, 0.1) is 6.61 Å². The van der Waals surface area contributed by atoms with E-state index in [1.54, 1.807) is 24.3 Å². The molecule has 0 heterocycles. The molecule has 2 N–H and O–H groups in total. The molecule has 0 bridgehead atoms. The Morgan fingerprint density at radius 2 is 1.87 bits per heavy atom. The van der Waals surface area contributed by atoms with Crippen LogP contribution >= 0.6 is 11.6 Å². The molecule has 0 aliphatic rings. The summed E-state index contributed by atoms with van der Waals surface area (Å²) in [4.78, 5) is 24.5. The summed E-state index contributed by atoms with van der Waals surface area (Å²) in [6.07, 6.45) is 0.569. The molecule has 0 radical (unpaired) electrons. The van der Waals surface area contributed by atoms with Crippen LogP contribution in [0.3, 0.4) is 0 Å². The van der Waals surface area contributed by atoms with Crippen molar-refractivity contribution in [1.29, 1.82) is 0 Å². The van der Waals surface area contributed by atoms with E-state index in [9.17, 15) is 9.59 Å². The van der Waals surface area contributed by atoms with Gasteiger partial charge < -0.3 is 15.4 Å². The lowest BCUT2D eigenvalue weighted by Gasteiger charge is -2.20. The molecule has 23 heavy (non-hydrogen) atoms. The summed E-state index contributed by atoms with van der Waals surface area (Å²) in [6.45, 7) is 7.41. The molecule has 5 nitrogen and oxygen atoms in total. The molecule has 0 aromatic heterocycles. The number of halogens is 1. The normalized spacial score (nSPS) is 12.0. The molecule has 0 spiro atoms. The fourth-order valence-electron chi connectivity index (χ4n) is 2.06. The van der Waals surface area contributed by atoms with Crippen molar-refractivity contribution in [1.82, 2.24) is 10.6 Å². The molecule has 0 fully saturated rings. The van der Waals surface area contributed by atoms with Crippen molar-refractivity contribution in [3.05, 3.63) is 34.9 Å². The van der Waals surface area contributed by atoms with Crippen LogP contribution in [0.4, 0.5) is 0 Å². The lowest BCUT2D eigenvalue weighted by Crippen LogP contribution is -2.48. The number of carbonyl (C=O) groups is 2. The van der Waals surface area contributed by atoms with E-state index in [2.05, 4.69) is 10.6 Å². The molecule has 1 aromatic rings. The highest BCUT2D eigenvalue weighted by Gasteiger charge is 2.22. The Morgan fingerprint density at radius 1 is 1.22 bits per heavy atom. The molecule has 1 atom stereocenters. The zero-order valence-electron chi connectivity index (χ0n) is 13.9. The number of ether oxygens (including phenoxy) is 1. The minimum atomic E-state index is -0.570. The molecular formula is C17H25ClN2O3. The van der Waals surface area contributed by atoms with Gasteiger partial charge >= 0.3 is 0 Å². The Kier molecular flexibility index (Phi) is 8.66. The van der Waals surface area contributed by atoms with Crippen molar-refractivity contribution < 1.29 is 14.3 Å². The third-order valence-corrected chi connectivity index (χ3v) is 3.44. The van der Waals surface area contributed by atoms with Gasteiger partial charge in [0.25, 0.3) is 5.91 Å². The average molecular weight is 341 g/mol. The maximum absolute atomic E-state index is 12.3. The maximum Gasteiger partial charge on any atom is 0.251 e. The van der Waals surface area contributed by atoms with E-state index in [0.717, 1.165) is 0 Å². The minimum absolute atomic E-state index is 0.194. The summed E-state index contributed by atoms with van der Waals surface area (Å²) in [5, 5.41) is 6.14. The Morgan fingerprint density at radius 3 is 2.43 bits per heavy atom. The summed E-state index contributed by atoms with van der Waals surface area (Å²) < 4.78 is 5.19. The van der Waals surface area contributed by atoms with Gasteiger partial charge in [0, 0.05) is 23.7 Å². The van der Waals surface area contributed by atoms with Crippen molar-refractivity contribution in [2.24, 2.45) is 5.92 Å². The zero-order chi connectivity index (χ0) is 17.2. The van der Waals surface area contributed by atoms with Crippen LogP contribution in [0.25, 0.3) is 0 Å². The molecule has 0 saturated heterocycles. The molecule has 128 valence electrons. The van der Waals surface area contributed by atoms with E-state index < -0.39 is 6.04 Å². The van der Waals surface area contributed by atoms with Crippen molar-refractivity contribution in [2.45, 2.75) is 33.2 Å². The SMILES string of the molecule is CCOCCNC(=O)C(CC(C)C)NC(=O)c1ccc(Cl)cc1. The molecule has 0 saturated carbocycles. The summed E-state index contributed by atoms with van der Waals surface area (Å²) in [5.74, 6) is -0.198. The Hall–Kier alpha value is -1.59. The summed E-state index contributed by atoms with van der Waals surface area (Å²) in [7, 11) is 0. The highest BCUT2D eigenvalue weighted by molar-refractivity contribution is 6.30. The van der Waals surface area contributed by atoms with Crippen LogP contribution in [0.5, 0.6) is 0 Å². The Labute approximate surface area is 142 Å². The smallest absolute Gasteiger partial charge is 0.251 e. The molecule has 2 amide bonds. The lowest BCUT2D eigenvalue weighted by molar-refractivity contribution is -0.123. The Bertz CT molecular complexity index is 503. The number of nitrogens with one attached hydrogen (secondary N) is 2. The van der Waals surface area contributed by atoms with Crippen LogP contribution in [0.1, 0.15) is 37.6 Å². The second-order valence-electron chi connectivity index (χ2n) is 5.65. The number of rotatable bonds is 9. The number of hydrogen-bond acceptors (Lipinski definition) is 3. The quantitative estimate of drug-likeness (QED) is 0.679. The number of amides is 2. The van der Waals surface area contributed by atoms with Gasteiger partial charge in [0.2, 0.25) is 5.91 Å². The largest absolute Gasteiger partial charge is 0.380 e. The van der Waals surface area contributed by atoms with E-state index in [4.69, 9.17) is 16.3 Å². The summed E-state index contributed by atoms with van der Waals surface area (Å²) in [6, 6.07) is 6.00. The molecule has 1 aromatic carbocycles. The lowest BCUT2D eigenvalue weighted by atomic mass is 10.0. The van der Waals surface area contributed by atoms with Crippen molar-refractivity contribution in [3.8, 4) is 0 Å². The van der Waals surface area contributed by atoms with E-state index in [0.29, 0.717) is 36.8 Å². The average Bonchev–Trinajstić information content (AvgIpc) is 2.50. The van der Waals surface area contributed by atoms with Crippen molar-refractivity contribution in [2.75, 3.05) is 19.8 Å². The monoisotopic (exact) mass is 340 g/mol. The van der Waals surface area contributed by atoms with Crippen molar-refractivity contribution >= 4 is 23.4 Å². The molecular weight excluding hydrogens is 316 g/mol. The van der Waals surface area contributed by atoms with Gasteiger partial charge in [-0.15, -0.1) is 0 Å². The molecule has 0 aliphatic carbocycles. The topological polar surface area (TPSA) is 67.4 Å². The van der Waals surface area contributed by atoms with Crippen LogP contribution in [-0.2, 0) is 9.53 Å². The first-order valence-corrected chi connectivity index (χ1v) is 8.23. The molecule has 1 unspecified atom stereocenters. The maximum atomic E-state index is 12.3. The van der Waals surface area contributed by atoms with Gasteiger partial charge in [-0.3, -0.25) is 9.59 Å². The van der Waals surface area contributed by atoms with Gasteiger partial charge in [-0.25, -0.2) is 0 Å². The van der Waals surface area contributed by atoms with Crippen molar-refractivity contribution in [3.63, 3.8) is 0 Å². The van der Waals surface area contributed by atoms with Crippen LogP contribution in [0.2, 0.25) is 5.02 Å². The van der Waals surface area contributed by atoms with Crippen LogP contribution < -0.4 is 10.6 Å².